The summed E-state index contributed by atoms with van der Waals surface area (Å²) in [5.74, 6) is 0.105. The third-order valence-corrected chi connectivity index (χ3v) is 8.37. The fourth-order valence-electron chi connectivity index (χ4n) is 5.81. The van der Waals surface area contributed by atoms with Gasteiger partial charge in [-0.05, 0) is 80.1 Å². The molecule has 0 aromatic heterocycles. The summed E-state index contributed by atoms with van der Waals surface area (Å²) in [6.07, 6.45) is 1.47. The zero-order valence-corrected chi connectivity index (χ0v) is 24.8. The normalized spacial score (nSPS) is 16.8. The van der Waals surface area contributed by atoms with Gasteiger partial charge in [0, 0.05) is 34.8 Å². The van der Waals surface area contributed by atoms with Crippen LogP contribution in [0.15, 0.2) is 71.2 Å². The molecule has 0 saturated heterocycles. The number of nitro groups is 1. The van der Waals surface area contributed by atoms with E-state index in [1.54, 1.807) is 11.0 Å². The molecule has 2 aliphatic rings. The predicted molar refractivity (Wildman–Crippen MR) is 162 cm³/mol. The summed E-state index contributed by atoms with van der Waals surface area (Å²) < 4.78 is 6.16. The summed E-state index contributed by atoms with van der Waals surface area (Å²) >= 11 is 12.6. The summed E-state index contributed by atoms with van der Waals surface area (Å²) in [6.45, 7) is 6.13. The number of nitrogens with zero attached hydrogens (tertiary/aromatic N) is 3. The van der Waals surface area contributed by atoms with Gasteiger partial charge < -0.3 is 10.5 Å². The lowest BCUT2D eigenvalue weighted by atomic mass is 9.73. The third kappa shape index (κ3) is 5.22. The van der Waals surface area contributed by atoms with Crippen LogP contribution < -0.4 is 15.4 Å². The minimum absolute atomic E-state index is 0.0694. The molecule has 0 fully saturated rings. The molecule has 0 amide bonds. The fraction of sp³-hybridized carbons (Fsp3) is 0.250. The van der Waals surface area contributed by atoms with Crippen LogP contribution in [0.25, 0.3) is 0 Å². The number of ketones is 1. The van der Waals surface area contributed by atoms with Crippen LogP contribution in [0.2, 0.25) is 10.0 Å². The average molecular weight is 604 g/mol. The molecule has 8 nitrogen and oxygen atoms in total. The van der Waals surface area contributed by atoms with E-state index < -0.39 is 10.8 Å². The largest absolute Gasteiger partial charge is 0.489 e. The van der Waals surface area contributed by atoms with E-state index in [-0.39, 0.29) is 34.5 Å². The predicted octanol–water partition coefficient (Wildman–Crippen LogP) is 7.71. The van der Waals surface area contributed by atoms with Crippen molar-refractivity contribution in [2.24, 2.45) is 5.73 Å². The maximum absolute atomic E-state index is 13.6. The number of nitrogens with two attached hydrogens (primary N) is 1. The summed E-state index contributed by atoms with van der Waals surface area (Å²) in [4.78, 5) is 26.0. The molecule has 5 rings (SSSR count). The average Bonchev–Trinajstić information content (AvgIpc) is 2.94. The molecule has 2 N–H and O–H groups in total. The SMILES string of the molecule is Cc1cc(COc2ccc(Cl)cc2C)c(C)c(C2C(C#N)=C(N)N(c3ccc([N+](=O)[O-])cc3Cl)C3=C2C(=O)CCC3)c1. The van der Waals surface area contributed by atoms with E-state index in [1.807, 2.05) is 45.0 Å². The highest BCUT2D eigenvalue weighted by Crippen LogP contribution is 2.48. The standard InChI is InChI=1S/C32H28Cl2N4O4/c1-17-11-20(16-42-29-10-7-21(33)13-18(29)2)19(3)23(12-17)30-24(15-35)32(36)37(27-5-4-6-28(39)31(27)30)26-9-8-22(38(40)41)14-25(26)34/h7-14,30H,4-6,16,36H2,1-3H3. The second-order valence-electron chi connectivity index (χ2n) is 10.5. The first kappa shape index (κ1) is 29.2. The van der Waals surface area contributed by atoms with Crippen molar-refractivity contribution in [2.45, 2.75) is 52.6 Å². The number of allylic oxidation sites excluding steroid dienone is 3. The zero-order valence-electron chi connectivity index (χ0n) is 23.3. The van der Waals surface area contributed by atoms with Gasteiger partial charge in [0.05, 0.1) is 33.2 Å². The van der Waals surface area contributed by atoms with Gasteiger partial charge in [-0.25, -0.2) is 0 Å². The number of ether oxygens (including phenoxy) is 1. The van der Waals surface area contributed by atoms with E-state index in [9.17, 15) is 20.2 Å². The Hall–Kier alpha value is -4.32. The van der Waals surface area contributed by atoms with Crippen molar-refractivity contribution in [2.75, 3.05) is 4.90 Å². The van der Waals surface area contributed by atoms with Crippen LogP contribution in [0.5, 0.6) is 5.75 Å². The number of non-ortho nitro benzene ring substituents is 1. The Balaban J connectivity index is 1.64. The molecule has 1 unspecified atom stereocenters. The van der Waals surface area contributed by atoms with Crippen molar-refractivity contribution in [3.8, 4) is 11.8 Å². The van der Waals surface area contributed by atoms with Gasteiger partial charge in [-0.2, -0.15) is 5.26 Å². The molecular weight excluding hydrogens is 575 g/mol. The Bertz CT molecular complexity index is 1760. The molecule has 214 valence electrons. The molecule has 10 heteroatoms. The second kappa shape index (κ2) is 11.5. The molecule has 0 spiro atoms. The van der Waals surface area contributed by atoms with Gasteiger partial charge in [0.2, 0.25) is 0 Å². The lowest BCUT2D eigenvalue weighted by Gasteiger charge is -2.40. The van der Waals surface area contributed by atoms with Crippen molar-refractivity contribution >= 4 is 40.4 Å². The number of carbonyl (C=O) groups excluding carboxylic acids is 1. The number of carbonyl (C=O) groups is 1. The van der Waals surface area contributed by atoms with E-state index >= 15 is 0 Å². The highest BCUT2D eigenvalue weighted by molar-refractivity contribution is 6.33. The Labute approximate surface area is 253 Å². The van der Waals surface area contributed by atoms with Gasteiger partial charge in [0.15, 0.2) is 5.78 Å². The van der Waals surface area contributed by atoms with Crippen LogP contribution in [-0.4, -0.2) is 10.7 Å². The molecule has 0 bridgehead atoms. The van der Waals surface area contributed by atoms with Gasteiger partial charge in [-0.3, -0.25) is 19.8 Å². The summed E-state index contributed by atoms with van der Waals surface area (Å²) in [6, 6.07) is 15.8. The Kier molecular flexibility index (Phi) is 8.00. The van der Waals surface area contributed by atoms with E-state index in [4.69, 9.17) is 33.7 Å². The van der Waals surface area contributed by atoms with Crippen LogP contribution >= 0.6 is 23.2 Å². The Morgan fingerprint density at radius 2 is 1.88 bits per heavy atom. The summed E-state index contributed by atoms with van der Waals surface area (Å²) in [5, 5.41) is 22.5. The van der Waals surface area contributed by atoms with Crippen molar-refractivity contribution in [1.29, 1.82) is 5.26 Å². The lowest BCUT2D eigenvalue weighted by molar-refractivity contribution is -0.384. The molecule has 42 heavy (non-hydrogen) atoms. The van der Waals surface area contributed by atoms with E-state index in [0.29, 0.717) is 47.0 Å². The molecule has 3 aromatic rings. The number of aryl methyl sites for hydroxylation is 2. The molecule has 1 heterocycles. The number of benzene rings is 3. The van der Waals surface area contributed by atoms with Crippen molar-refractivity contribution in [3.63, 3.8) is 0 Å². The number of halogens is 2. The highest BCUT2D eigenvalue weighted by atomic mass is 35.5. The first-order valence-corrected chi connectivity index (χ1v) is 14.2. The highest BCUT2D eigenvalue weighted by Gasteiger charge is 2.41. The molecule has 3 aromatic carbocycles. The third-order valence-electron chi connectivity index (χ3n) is 7.83. The summed E-state index contributed by atoms with van der Waals surface area (Å²) in [5.41, 5.74) is 12.8. The van der Waals surface area contributed by atoms with Crippen LogP contribution in [-0.2, 0) is 11.4 Å². The maximum Gasteiger partial charge on any atom is 0.271 e. The number of anilines is 1. The van der Waals surface area contributed by atoms with Gasteiger partial charge in [0.1, 0.15) is 18.2 Å². The topological polar surface area (TPSA) is 122 Å². The number of Topliss-reactive ketones (excluding diaryl/α,β-unsaturated/α-hetero) is 1. The monoisotopic (exact) mass is 602 g/mol. The molecule has 1 aliphatic carbocycles. The molecule has 0 saturated carbocycles. The van der Waals surface area contributed by atoms with Gasteiger partial charge in [-0.1, -0.05) is 40.9 Å². The van der Waals surface area contributed by atoms with Gasteiger partial charge >= 0.3 is 0 Å². The number of nitro benzene ring substituents is 1. The number of hydrogen-bond acceptors (Lipinski definition) is 7. The van der Waals surface area contributed by atoms with Gasteiger partial charge in [0.25, 0.3) is 5.69 Å². The van der Waals surface area contributed by atoms with Crippen LogP contribution in [0.3, 0.4) is 0 Å². The van der Waals surface area contributed by atoms with E-state index in [1.165, 1.54) is 18.2 Å². The molecular formula is C32H28Cl2N4O4. The van der Waals surface area contributed by atoms with E-state index in [0.717, 1.165) is 27.8 Å². The Morgan fingerprint density at radius 3 is 2.55 bits per heavy atom. The minimum Gasteiger partial charge on any atom is -0.489 e. The van der Waals surface area contributed by atoms with Crippen molar-refractivity contribution < 1.29 is 14.5 Å². The first-order valence-electron chi connectivity index (χ1n) is 13.4. The molecule has 1 atom stereocenters. The quantitative estimate of drug-likeness (QED) is 0.226. The Morgan fingerprint density at radius 1 is 1.12 bits per heavy atom. The van der Waals surface area contributed by atoms with Crippen LogP contribution in [0, 0.1) is 42.2 Å². The number of hydrogen-bond donors (Lipinski definition) is 1. The van der Waals surface area contributed by atoms with E-state index in [2.05, 4.69) is 6.07 Å². The molecule has 0 radical (unpaired) electrons. The van der Waals surface area contributed by atoms with Gasteiger partial charge in [-0.15, -0.1) is 0 Å². The van der Waals surface area contributed by atoms with Crippen molar-refractivity contribution in [3.05, 3.63) is 119 Å². The minimum atomic E-state index is -0.679. The maximum atomic E-state index is 13.6. The lowest BCUT2D eigenvalue weighted by Crippen LogP contribution is -2.39. The number of rotatable bonds is 6. The second-order valence-corrected chi connectivity index (χ2v) is 11.4. The smallest absolute Gasteiger partial charge is 0.271 e. The van der Waals surface area contributed by atoms with Crippen LogP contribution in [0.1, 0.15) is 53.0 Å². The van der Waals surface area contributed by atoms with Crippen molar-refractivity contribution in [1.82, 2.24) is 0 Å². The zero-order chi connectivity index (χ0) is 30.3. The molecule has 1 aliphatic heterocycles. The summed E-state index contributed by atoms with van der Waals surface area (Å²) in [7, 11) is 0. The van der Waals surface area contributed by atoms with Crippen LogP contribution in [0.4, 0.5) is 11.4 Å². The fourth-order valence-corrected chi connectivity index (χ4v) is 6.29. The first-order chi connectivity index (χ1) is 20.0. The number of nitriles is 1.